The maximum Gasteiger partial charge on any atom is 0.281 e. The predicted octanol–water partition coefficient (Wildman–Crippen LogP) is 3.78. The van der Waals surface area contributed by atoms with Gasteiger partial charge in [-0.05, 0) is 43.9 Å². The number of rotatable bonds is 1. The first-order chi connectivity index (χ1) is 10.6. The minimum Gasteiger partial charge on any atom is -0.373 e. The van der Waals surface area contributed by atoms with Gasteiger partial charge in [0.15, 0.2) is 0 Å². The van der Waals surface area contributed by atoms with E-state index >= 15 is 0 Å². The minimum atomic E-state index is -0.230. The number of ether oxygens (including phenoxy) is 1. The summed E-state index contributed by atoms with van der Waals surface area (Å²) < 4.78 is 6.85. The molecule has 113 valence electrons. The number of fused-ring (bicyclic) bond motifs is 3. The molecule has 0 aliphatic carbocycles. The second-order valence-corrected chi connectivity index (χ2v) is 6.58. The molecule has 1 aromatic carbocycles. The van der Waals surface area contributed by atoms with Crippen LogP contribution in [0.15, 0.2) is 16.6 Å². The van der Waals surface area contributed by atoms with Gasteiger partial charge >= 0.3 is 0 Å². The minimum absolute atomic E-state index is 0.0728. The zero-order valence-corrected chi connectivity index (χ0v) is 13.7. The number of nitrogens with zero attached hydrogens (tertiary/aromatic N) is 2. The molecule has 1 radical (unpaired) electrons. The molecule has 0 spiro atoms. The van der Waals surface area contributed by atoms with Crippen molar-refractivity contribution in [2.24, 2.45) is 0 Å². The van der Waals surface area contributed by atoms with E-state index in [1.165, 1.54) is 0 Å². The van der Waals surface area contributed by atoms with Crippen LogP contribution >= 0.6 is 15.9 Å². The number of aryl methyl sites for hydroxylation is 1. The van der Waals surface area contributed by atoms with Gasteiger partial charge in [0.1, 0.15) is 0 Å². The van der Waals surface area contributed by atoms with Gasteiger partial charge in [0.05, 0.1) is 28.7 Å². The van der Waals surface area contributed by atoms with E-state index in [-0.39, 0.29) is 12.0 Å². The topological polar surface area (TPSA) is 69.1 Å². The Morgan fingerprint density at radius 2 is 2.23 bits per heavy atom. The zero-order valence-electron chi connectivity index (χ0n) is 12.1. The summed E-state index contributed by atoms with van der Waals surface area (Å²) >= 11 is 3.64. The number of hydrogen-bond acceptors (Lipinski definition) is 3. The van der Waals surface area contributed by atoms with E-state index in [0.29, 0.717) is 16.9 Å². The maximum atomic E-state index is 12.2. The number of carbonyl (C=O) groups is 1. The van der Waals surface area contributed by atoms with Crippen molar-refractivity contribution in [3.05, 3.63) is 33.4 Å². The highest BCUT2D eigenvalue weighted by molar-refractivity contribution is 9.10. The number of nitrogens with one attached hydrogen (secondary N) is 1. The van der Waals surface area contributed by atoms with Crippen LogP contribution in [0.4, 0.5) is 5.69 Å². The van der Waals surface area contributed by atoms with Crippen LogP contribution < -0.4 is 5.32 Å². The highest BCUT2D eigenvalue weighted by atomic mass is 79.9. The summed E-state index contributed by atoms with van der Waals surface area (Å²) in [6, 6.07) is 3.97. The molecular formula is C16H15BrN3O2. The summed E-state index contributed by atoms with van der Waals surface area (Å²) in [5.41, 5.74) is 4.67. The summed E-state index contributed by atoms with van der Waals surface area (Å²) in [6.45, 7) is 2.60. The van der Waals surface area contributed by atoms with E-state index in [1.807, 2.05) is 19.1 Å². The number of carbonyl (C=O) groups excluding carboxylic acids is 1. The standard InChI is InChI=1S/C16H15BrN3O2/c1-8-14-15(20-19-8)10-6-11(17)9(7-12(10)18-16(14)21)13-4-2-3-5-22-13/h6-7,13H,2-5H2,1H3,(H,19,20). The monoisotopic (exact) mass is 360 g/mol. The van der Waals surface area contributed by atoms with Crippen molar-refractivity contribution >= 4 is 27.5 Å². The maximum absolute atomic E-state index is 12.2. The number of amides is 1. The van der Waals surface area contributed by atoms with Crippen LogP contribution in [-0.4, -0.2) is 22.7 Å². The Hall–Kier alpha value is -1.66. The Morgan fingerprint density at radius 1 is 1.36 bits per heavy atom. The number of aromatic nitrogens is 2. The fourth-order valence-corrected chi connectivity index (χ4v) is 3.76. The highest BCUT2D eigenvalue weighted by Crippen LogP contribution is 2.42. The molecule has 5 nitrogen and oxygen atoms in total. The molecule has 1 saturated heterocycles. The number of H-pyrrole nitrogens is 1. The number of benzene rings is 1. The Labute approximate surface area is 136 Å². The van der Waals surface area contributed by atoms with Gasteiger partial charge in [0.2, 0.25) is 0 Å². The lowest BCUT2D eigenvalue weighted by atomic mass is 9.94. The summed E-state index contributed by atoms with van der Waals surface area (Å²) in [7, 11) is 0. The molecule has 0 bridgehead atoms. The van der Waals surface area contributed by atoms with Gasteiger partial charge in [-0.15, -0.1) is 0 Å². The van der Waals surface area contributed by atoms with E-state index in [4.69, 9.17) is 4.74 Å². The van der Waals surface area contributed by atoms with Crippen molar-refractivity contribution in [3.8, 4) is 11.3 Å². The van der Waals surface area contributed by atoms with Crippen molar-refractivity contribution in [1.82, 2.24) is 15.5 Å². The normalized spacial score (nSPS) is 20.3. The van der Waals surface area contributed by atoms with Gasteiger partial charge < -0.3 is 4.74 Å². The highest BCUT2D eigenvalue weighted by Gasteiger charge is 2.30. The molecule has 1 fully saturated rings. The van der Waals surface area contributed by atoms with Crippen molar-refractivity contribution in [3.63, 3.8) is 0 Å². The second-order valence-electron chi connectivity index (χ2n) is 5.72. The van der Waals surface area contributed by atoms with E-state index in [1.54, 1.807) is 0 Å². The molecule has 1 unspecified atom stereocenters. The second kappa shape index (κ2) is 5.21. The van der Waals surface area contributed by atoms with Crippen molar-refractivity contribution in [1.29, 1.82) is 0 Å². The SMILES string of the molecule is Cc1n[nH]c2c1C(=O)[N]c1cc(C3CCCCO3)c(Br)cc1-2. The molecule has 2 aliphatic rings. The van der Waals surface area contributed by atoms with E-state index in [0.717, 1.165) is 47.2 Å². The predicted molar refractivity (Wildman–Crippen MR) is 85.1 cm³/mol. The van der Waals surface area contributed by atoms with Crippen molar-refractivity contribution < 1.29 is 9.53 Å². The van der Waals surface area contributed by atoms with Gasteiger partial charge in [-0.1, -0.05) is 15.9 Å². The first-order valence-corrected chi connectivity index (χ1v) is 8.21. The average Bonchev–Trinajstić information content (AvgIpc) is 2.91. The van der Waals surface area contributed by atoms with Crippen molar-refractivity contribution in [2.75, 3.05) is 6.61 Å². The third-order valence-corrected chi connectivity index (χ3v) is 4.98. The molecule has 1 atom stereocenters. The average molecular weight is 361 g/mol. The Kier molecular flexibility index (Phi) is 3.31. The smallest absolute Gasteiger partial charge is 0.281 e. The fourth-order valence-electron chi connectivity index (χ4n) is 3.16. The van der Waals surface area contributed by atoms with Gasteiger partial charge in [0, 0.05) is 16.6 Å². The number of hydrogen-bond donors (Lipinski definition) is 1. The molecule has 6 heteroatoms. The summed E-state index contributed by atoms with van der Waals surface area (Å²) in [6.07, 6.45) is 3.34. The molecule has 3 heterocycles. The Balaban J connectivity index is 1.83. The van der Waals surface area contributed by atoms with Gasteiger partial charge in [0.25, 0.3) is 5.91 Å². The zero-order chi connectivity index (χ0) is 15.3. The fraction of sp³-hybridized carbons (Fsp3) is 0.375. The van der Waals surface area contributed by atoms with Gasteiger partial charge in [-0.25, -0.2) is 5.32 Å². The van der Waals surface area contributed by atoms with Crippen LogP contribution in [0.5, 0.6) is 0 Å². The van der Waals surface area contributed by atoms with Crippen LogP contribution in [0, 0.1) is 6.92 Å². The van der Waals surface area contributed by atoms with Crippen LogP contribution in [0.1, 0.15) is 47.0 Å². The summed E-state index contributed by atoms with van der Waals surface area (Å²) in [4.78, 5) is 12.2. The quantitative estimate of drug-likeness (QED) is 0.841. The molecule has 1 amide bonds. The molecule has 1 N–H and O–H groups in total. The first kappa shape index (κ1) is 14.0. The molecular weight excluding hydrogens is 346 g/mol. The third kappa shape index (κ3) is 2.09. The van der Waals surface area contributed by atoms with Crippen LogP contribution in [-0.2, 0) is 4.74 Å². The lowest BCUT2D eigenvalue weighted by Crippen LogP contribution is -2.19. The Bertz CT molecular complexity index is 763. The summed E-state index contributed by atoms with van der Waals surface area (Å²) in [5.74, 6) is -0.230. The molecule has 2 aromatic rings. The lowest BCUT2D eigenvalue weighted by Gasteiger charge is -2.25. The molecule has 1 aromatic heterocycles. The van der Waals surface area contributed by atoms with Crippen LogP contribution in [0.2, 0.25) is 0 Å². The van der Waals surface area contributed by atoms with Crippen LogP contribution in [0.25, 0.3) is 11.3 Å². The van der Waals surface area contributed by atoms with E-state index in [9.17, 15) is 4.79 Å². The lowest BCUT2D eigenvalue weighted by molar-refractivity contribution is 0.0145. The molecule has 0 saturated carbocycles. The number of halogens is 1. The number of aromatic amines is 1. The van der Waals surface area contributed by atoms with E-state index in [2.05, 4.69) is 31.4 Å². The molecule has 22 heavy (non-hydrogen) atoms. The molecule has 2 aliphatic heterocycles. The third-order valence-electron chi connectivity index (χ3n) is 4.29. The first-order valence-electron chi connectivity index (χ1n) is 7.41. The largest absolute Gasteiger partial charge is 0.373 e. The van der Waals surface area contributed by atoms with Crippen LogP contribution in [0.3, 0.4) is 0 Å². The Morgan fingerprint density at radius 3 is 3.00 bits per heavy atom. The molecule has 4 rings (SSSR count). The van der Waals surface area contributed by atoms with E-state index < -0.39 is 0 Å². The van der Waals surface area contributed by atoms with Crippen molar-refractivity contribution in [2.45, 2.75) is 32.3 Å². The summed E-state index contributed by atoms with van der Waals surface area (Å²) in [5, 5.41) is 11.3. The van der Waals surface area contributed by atoms with Gasteiger partial charge in [-0.3, -0.25) is 9.89 Å². The van der Waals surface area contributed by atoms with Gasteiger partial charge in [-0.2, -0.15) is 5.10 Å².